The lowest BCUT2D eigenvalue weighted by atomic mass is 10.1. The number of hydrogen-bond donors (Lipinski definition) is 0. The monoisotopic (exact) mass is 314 g/mol. The van der Waals surface area contributed by atoms with Crippen LogP contribution in [-0.2, 0) is 4.74 Å². The predicted octanol–water partition coefficient (Wildman–Crippen LogP) is 2.64. The van der Waals surface area contributed by atoms with Crippen LogP contribution < -0.4 is 0 Å². The molecule has 1 aliphatic heterocycles. The van der Waals surface area contributed by atoms with Crippen LogP contribution in [0.2, 0.25) is 5.02 Å². The fraction of sp³-hybridized carbons (Fsp3) is 0.571. The van der Waals surface area contributed by atoms with Crippen LogP contribution in [0.15, 0.2) is 12.3 Å². The summed E-state index contributed by atoms with van der Waals surface area (Å²) in [6.45, 7) is 2.98. The zero-order valence-corrected chi connectivity index (χ0v) is 13.3. The smallest absolute Gasteiger partial charge is 0.257 e. The van der Waals surface area contributed by atoms with Crippen molar-refractivity contribution in [1.82, 2.24) is 9.88 Å². The van der Waals surface area contributed by atoms with E-state index in [2.05, 4.69) is 4.98 Å². The van der Waals surface area contributed by atoms with Gasteiger partial charge in [0, 0.05) is 37.3 Å². The van der Waals surface area contributed by atoms with Crippen molar-refractivity contribution in [2.24, 2.45) is 0 Å². The number of carbonyl (C=O) groups is 1. The maximum atomic E-state index is 12.7. The summed E-state index contributed by atoms with van der Waals surface area (Å²) in [5, 5.41) is 0.468. The van der Waals surface area contributed by atoms with Gasteiger partial charge in [0.2, 0.25) is 0 Å². The van der Waals surface area contributed by atoms with Crippen LogP contribution in [0.4, 0.5) is 0 Å². The van der Waals surface area contributed by atoms with Gasteiger partial charge in [0.15, 0.2) is 0 Å². The fourth-order valence-electron chi connectivity index (χ4n) is 2.25. The number of rotatable bonds is 5. The summed E-state index contributed by atoms with van der Waals surface area (Å²) in [6, 6.07) is 1.99. The van der Waals surface area contributed by atoms with Gasteiger partial charge in [-0.1, -0.05) is 11.6 Å². The van der Waals surface area contributed by atoms with E-state index in [0.717, 1.165) is 23.6 Å². The normalized spacial score (nSPS) is 18.2. The molecule has 6 heteroatoms. The largest absolute Gasteiger partial charge is 0.383 e. The number of aryl methyl sites for hydroxylation is 1. The Balaban J connectivity index is 2.20. The minimum Gasteiger partial charge on any atom is -0.383 e. The van der Waals surface area contributed by atoms with Crippen LogP contribution in [-0.4, -0.2) is 53.6 Å². The van der Waals surface area contributed by atoms with Crippen LogP contribution in [0.3, 0.4) is 0 Å². The molecule has 1 aromatic heterocycles. The van der Waals surface area contributed by atoms with Crippen molar-refractivity contribution >= 4 is 29.3 Å². The molecular formula is C14H19ClN2O2S. The van der Waals surface area contributed by atoms with E-state index in [1.807, 2.05) is 23.6 Å². The van der Waals surface area contributed by atoms with Gasteiger partial charge in [-0.2, -0.15) is 11.8 Å². The molecule has 110 valence electrons. The third-order valence-corrected chi connectivity index (χ3v) is 4.82. The molecule has 4 nitrogen and oxygen atoms in total. The van der Waals surface area contributed by atoms with E-state index in [1.54, 1.807) is 19.4 Å². The van der Waals surface area contributed by atoms with Crippen LogP contribution >= 0.6 is 23.4 Å². The first-order valence-corrected chi connectivity index (χ1v) is 8.16. The molecule has 0 spiro atoms. The number of halogens is 1. The molecule has 0 aliphatic carbocycles. The standard InChI is InChI=1S/C14H19ClN2O2S/c1-10-7-13(15)12(8-16-10)14(18)17(4-5-19-2)11-3-6-20-9-11/h7-8,11H,3-6,9H2,1-2H3. The summed E-state index contributed by atoms with van der Waals surface area (Å²) in [4.78, 5) is 18.8. The van der Waals surface area contributed by atoms with Crippen LogP contribution in [0.1, 0.15) is 22.5 Å². The summed E-state index contributed by atoms with van der Waals surface area (Å²) >= 11 is 8.07. The molecule has 1 unspecified atom stereocenters. The number of ether oxygens (including phenoxy) is 1. The molecule has 0 aromatic carbocycles. The highest BCUT2D eigenvalue weighted by atomic mass is 35.5. The van der Waals surface area contributed by atoms with Crippen molar-refractivity contribution < 1.29 is 9.53 Å². The zero-order chi connectivity index (χ0) is 14.5. The number of nitrogens with zero attached hydrogens (tertiary/aromatic N) is 2. The highest BCUT2D eigenvalue weighted by Gasteiger charge is 2.28. The van der Waals surface area contributed by atoms with Crippen LogP contribution in [0.5, 0.6) is 0 Å². The minimum atomic E-state index is -0.0490. The molecule has 0 saturated carbocycles. The molecule has 2 heterocycles. The molecule has 1 atom stereocenters. The minimum absolute atomic E-state index is 0.0490. The molecule has 2 rings (SSSR count). The summed E-state index contributed by atoms with van der Waals surface area (Å²) < 4.78 is 5.12. The Kier molecular flexibility index (Phi) is 5.69. The molecule has 1 fully saturated rings. The van der Waals surface area contributed by atoms with Gasteiger partial charge in [0.1, 0.15) is 0 Å². The molecule has 1 aliphatic rings. The third kappa shape index (κ3) is 3.65. The molecule has 0 N–H and O–H groups in total. The lowest BCUT2D eigenvalue weighted by Crippen LogP contribution is -2.42. The Hall–Kier alpha value is -0.780. The van der Waals surface area contributed by atoms with Crippen LogP contribution in [0.25, 0.3) is 0 Å². The van der Waals surface area contributed by atoms with E-state index in [-0.39, 0.29) is 11.9 Å². The van der Waals surface area contributed by atoms with Crippen molar-refractivity contribution in [3.63, 3.8) is 0 Å². The van der Waals surface area contributed by atoms with Crippen molar-refractivity contribution in [2.45, 2.75) is 19.4 Å². The van der Waals surface area contributed by atoms with Crippen molar-refractivity contribution in [3.05, 3.63) is 28.5 Å². The highest BCUT2D eigenvalue weighted by Crippen LogP contribution is 2.25. The van der Waals surface area contributed by atoms with Gasteiger partial charge in [0.25, 0.3) is 5.91 Å². The maximum absolute atomic E-state index is 12.7. The molecule has 1 amide bonds. The Morgan fingerprint density at radius 1 is 1.65 bits per heavy atom. The number of thioether (sulfide) groups is 1. The second-order valence-electron chi connectivity index (χ2n) is 4.81. The van der Waals surface area contributed by atoms with Crippen molar-refractivity contribution in [3.8, 4) is 0 Å². The molecule has 0 bridgehead atoms. The number of amides is 1. The molecule has 0 radical (unpaired) electrons. The van der Waals surface area contributed by atoms with E-state index < -0.39 is 0 Å². The zero-order valence-electron chi connectivity index (χ0n) is 11.8. The first-order valence-electron chi connectivity index (χ1n) is 6.63. The number of carbonyl (C=O) groups excluding carboxylic acids is 1. The van der Waals surface area contributed by atoms with Gasteiger partial charge in [-0.15, -0.1) is 0 Å². The Morgan fingerprint density at radius 2 is 2.45 bits per heavy atom. The van der Waals surface area contributed by atoms with Gasteiger partial charge >= 0.3 is 0 Å². The van der Waals surface area contributed by atoms with Gasteiger partial charge < -0.3 is 9.64 Å². The van der Waals surface area contributed by atoms with Crippen LogP contribution in [0, 0.1) is 6.92 Å². The van der Waals surface area contributed by atoms with E-state index in [0.29, 0.717) is 23.7 Å². The summed E-state index contributed by atoms with van der Waals surface area (Å²) in [5.41, 5.74) is 1.29. The van der Waals surface area contributed by atoms with Gasteiger partial charge in [0.05, 0.1) is 17.2 Å². The quantitative estimate of drug-likeness (QED) is 0.838. The number of aromatic nitrogens is 1. The van der Waals surface area contributed by atoms with E-state index >= 15 is 0 Å². The molecule has 20 heavy (non-hydrogen) atoms. The first kappa shape index (κ1) is 15.6. The number of methoxy groups -OCH3 is 1. The summed E-state index contributed by atoms with van der Waals surface area (Å²) in [7, 11) is 1.65. The average molecular weight is 315 g/mol. The molecule has 1 saturated heterocycles. The van der Waals surface area contributed by atoms with E-state index in [9.17, 15) is 4.79 Å². The SMILES string of the molecule is COCCN(C(=O)c1cnc(C)cc1Cl)C1CCSC1. The summed E-state index contributed by atoms with van der Waals surface area (Å²) in [6.07, 6.45) is 2.60. The fourth-order valence-corrected chi connectivity index (χ4v) is 3.76. The second-order valence-corrected chi connectivity index (χ2v) is 6.37. The summed E-state index contributed by atoms with van der Waals surface area (Å²) in [5.74, 6) is 2.03. The third-order valence-electron chi connectivity index (χ3n) is 3.36. The Labute approximate surface area is 128 Å². The van der Waals surface area contributed by atoms with Crippen molar-refractivity contribution in [2.75, 3.05) is 31.8 Å². The predicted molar refractivity (Wildman–Crippen MR) is 82.6 cm³/mol. The van der Waals surface area contributed by atoms with Gasteiger partial charge in [-0.25, -0.2) is 0 Å². The van der Waals surface area contributed by atoms with Crippen molar-refractivity contribution in [1.29, 1.82) is 0 Å². The second kappa shape index (κ2) is 7.29. The number of hydrogen-bond acceptors (Lipinski definition) is 4. The Morgan fingerprint density at radius 3 is 3.05 bits per heavy atom. The highest BCUT2D eigenvalue weighted by molar-refractivity contribution is 7.99. The molecular weight excluding hydrogens is 296 g/mol. The topological polar surface area (TPSA) is 42.4 Å². The number of pyridine rings is 1. The molecule has 1 aromatic rings. The van der Waals surface area contributed by atoms with E-state index in [4.69, 9.17) is 16.3 Å². The Bertz CT molecular complexity index is 478. The first-order chi connectivity index (χ1) is 9.63. The van der Waals surface area contributed by atoms with Gasteiger partial charge in [-0.3, -0.25) is 9.78 Å². The maximum Gasteiger partial charge on any atom is 0.257 e. The van der Waals surface area contributed by atoms with E-state index in [1.165, 1.54) is 0 Å². The lowest BCUT2D eigenvalue weighted by Gasteiger charge is -2.28. The average Bonchev–Trinajstić information content (AvgIpc) is 2.93. The lowest BCUT2D eigenvalue weighted by molar-refractivity contribution is 0.0624. The van der Waals surface area contributed by atoms with Gasteiger partial charge in [-0.05, 0) is 25.2 Å².